The minimum Gasteiger partial charge on any atom is -0.444 e. The van der Waals surface area contributed by atoms with Gasteiger partial charge in [-0.2, -0.15) is 0 Å². The lowest BCUT2D eigenvalue weighted by Gasteiger charge is -2.33. The average molecular weight is 411 g/mol. The number of benzene rings is 1. The summed E-state index contributed by atoms with van der Waals surface area (Å²) >= 11 is 0. The van der Waals surface area contributed by atoms with E-state index in [2.05, 4.69) is 0 Å². The second-order valence-corrected chi connectivity index (χ2v) is 9.25. The SMILES string of the molecule is CC(C)(C)OC(=O)OC1C(c2ccccc2)=C2C=CC=CC2N1C(=O)OC(C)(C)C. The Labute approximate surface area is 177 Å². The maximum absolute atomic E-state index is 13.2. The van der Waals surface area contributed by atoms with Crippen molar-refractivity contribution in [1.29, 1.82) is 0 Å². The highest BCUT2D eigenvalue weighted by molar-refractivity contribution is 5.86. The summed E-state index contributed by atoms with van der Waals surface area (Å²) < 4.78 is 16.7. The molecule has 0 saturated heterocycles. The van der Waals surface area contributed by atoms with Crippen LogP contribution in [0.2, 0.25) is 0 Å². The summed E-state index contributed by atoms with van der Waals surface area (Å²) in [5, 5.41) is 0. The largest absolute Gasteiger partial charge is 0.511 e. The van der Waals surface area contributed by atoms with Gasteiger partial charge in [-0.05, 0) is 52.7 Å². The molecule has 6 heteroatoms. The first-order chi connectivity index (χ1) is 14.0. The maximum atomic E-state index is 13.2. The third-order valence-corrected chi connectivity index (χ3v) is 4.40. The summed E-state index contributed by atoms with van der Waals surface area (Å²) in [6.07, 6.45) is 5.20. The van der Waals surface area contributed by atoms with E-state index in [0.29, 0.717) is 0 Å². The molecule has 1 aliphatic heterocycles. The van der Waals surface area contributed by atoms with Crippen LogP contribution in [-0.2, 0) is 14.2 Å². The third kappa shape index (κ3) is 4.93. The normalized spacial score (nSPS) is 20.8. The van der Waals surface area contributed by atoms with Crippen molar-refractivity contribution in [3.05, 3.63) is 65.8 Å². The molecule has 0 fully saturated rings. The Hall–Kier alpha value is -3.02. The molecule has 1 aromatic rings. The van der Waals surface area contributed by atoms with Gasteiger partial charge in [0.1, 0.15) is 11.2 Å². The van der Waals surface area contributed by atoms with Gasteiger partial charge in [-0.1, -0.05) is 54.6 Å². The molecule has 1 aliphatic carbocycles. The smallest absolute Gasteiger partial charge is 0.444 e. The van der Waals surface area contributed by atoms with Crippen molar-refractivity contribution in [3.8, 4) is 0 Å². The fourth-order valence-corrected chi connectivity index (χ4v) is 3.38. The molecule has 2 unspecified atom stereocenters. The van der Waals surface area contributed by atoms with E-state index in [0.717, 1.165) is 16.7 Å². The zero-order chi connectivity index (χ0) is 22.1. The molecule has 2 atom stereocenters. The van der Waals surface area contributed by atoms with Crippen molar-refractivity contribution >= 4 is 17.8 Å². The molecular weight excluding hydrogens is 382 g/mol. The highest BCUT2D eigenvalue weighted by Crippen LogP contribution is 2.41. The fourth-order valence-electron chi connectivity index (χ4n) is 3.38. The Morgan fingerprint density at radius 1 is 0.900 bits per heavy atom. The Bertz CT molecular complexity index is 900. The van der Waals surface area contributed by atoms with Gasteiger partial charge in [0.25, 0.3) is 0 Å². The molecule has 0 N–H and O–H groups in total. The minimum absolute atomic E-state index is 0.410. The Balaban J connectivity index is 2.05. The van der Waals surface area contributed by atoms with E-state index in [1.54, 1.807) is 41.5 Å². The first-order valence-corrected chi connectivity index (χ1v) is 10.0. The highest BCUT2D eigenvalue weighted by atomic mass is 16.7. The average Bonchev–Trinajstić information content (AvgIpc) is 2.93. The number of carbonyl (C=O) groups is 2. The van der Waals surface area contributed by atoms with Crippen LogP contribution in [0.3, 0.4) is 0 Å². The van der Waals surface area contributed by atoms with Crippen LogP contribution in [0, 0.1) is 0 Å². The molecule has 30 heavy (non-hydrogen) atoms. The van der Waals surface area contributed by atoms with Gasteiger partial charge in [0.15, 0.2) is 0 Å². The quantitative estimate of drug-likeness (QED) is 0.604. The lowest BCUT2D eigenvalue weighted by Crippen LogP contribution is -2.47. The molecule has 0 saturated carbocycles. The van der Waals surface area contributed by atoms with Crippen LogP contribution >= 0.6 is 0 Å². The van der Waals surface area contributed by atoms with Gasteiger partial charge in [0, 0.05) is 5.57 Å². The van der Waals surface area contributed by atoms with Crippen molar-refractivity contribution in [3.63, 3.8) is 0 Å². The van der Waals surface area contributed by atoms with Crippen LogP contribution < -0.4 is 0 Å². The van der Waals surface area contributed by atoms with Crippen molar-refractivity contribution < 1.29 is 23.8 Å². The number of rotatable bonds is 2. The van der Waals surface area contributed by atoms with Gasteiger partial charge in [-0.25, -0.2) is 9.59 Å². The van der Waals surface area contributed by atoms with E-state index in [1.807, 2.05) is 54.6 Å². The molecule has 3 rings (SSSR count). The van der Waals surface area contributed by atoms with E-state index in [-0.39, 0.29) is 0 Å². The second-order valence-electron chi connectivity index (χ2n) is 9.25. The van der Waals surface area contributed by atoms with E-state index in [9.17, 15) is 9.59 Å². The fraction of sp³-hybridized carbons (Fsp3) is 0.417. The number of nitrogens with zero attached hydrogens (tertiary/aromatic N) is 1. The summed E-state index contributed by atoms with van der Waals surface area (Å²) in [7, 11) is 0. The number of hydrogen-bond acceptors (Lipinski definition) is 5. The van der Waals surface area contributed by atoms with E-state index in [4.69, 9.17) is 14.2 Å². The molecule has 0 spiro atoms. The molecule has 2 aliphatic rings. The zero-order valence-electron chi connectivity index (χ0n) is 18.3. The van der Waals surface area contributed by atoms with Crippen molar-refractivity contribution in [2.75, 3.05) is 0 Å². The predicted octanol–water partition coefficient (Wildman–Crippen LogP) is 5.46. The van der Waals surface area contributed by atoms with E-state index >= 15 is 0 Å². The molecular formula is C24H29NO5. The Morgan fingerprint density at radius 3 is 2.13 bits per heavy atom. The van der Waals surface area contributed by atoms with E-state index < -0.39 is 35.7 Å². The topological polar surface area (TPSA) is 65.1 Å². The Morgan fingerprint density at radius 2 is 1.53 bits per heavy atom. The molecule has 1 amide bonds. The zero-order valence-corrected chi connectivity index (χ0v) is 18.3. The number of amides is 1. The van der Waals surface area contributed by atoms with Crippen LogP contribution in [-0.4, -0.2) is 40.6 Å². The lowest BCUT2D eigenvalue weighted by atomic mass is 9.96. The molecule has 1 aromatic carbocycles. The molecule has 0 aromatic heterocycles. The van der Waals surface area contributed by atoms with Crippen molar-refractivity contribution in [2.24, 2.45) is 0 Å². The van der Waals surface area contributed by atoms with Crippen LogP contribution in [0.1, 0.15) is 47.1 Å². The van der Waals surface area contributed by atoms with Crippen molar-refractivity contribution in [1.82, 2.24) is 4.90 Å². The maximum Gasteiger partial charge on any atom is 0.511 e. The standard InChI is InChI=1S/C24H29NO5/c1-23(2,3)29-21(26)25-18-15-11-10-14-17(18)19(16-12-8-7-9-13-16)20(25)28-22(27)30-24(4,5)6/h7-15,18,20H,1-6H3. The van der Waals surface area contributed by atoms with Crippen LogP contribution in [0.25, 0.3) is 5.57 Å². The summed E-state index contributed by atoms with van der Waals surface area (Å²) in [4.78, 5) is 27.2. The molecule has 1 heterocycles. The molecule has 0 bridgehead atoms. The number of hydrogen-bond donors (Lipinski definition) is 0. The summed E-state index contributed by atoms with van der Waals surface area (Å²) in [6.45, 7) is 10.7. The lowest BCUT2D eigenvalue weighted by molar-refractivity contribution is -0.0555. The third-order valence-electron chi connectivity index (χ3n) is 4.40. The second kappa shape index (κ2) is 8.01. The van der Waals surface area contributed by atoms with Gasteiger partial charge in [0.2, 0.25) is 6.23 Å². The van der Waals surface area contributed by atoms with Crippen LogP contribution in [0.4, 0.5) is 9.59 Å². The van der Waals surface area contributed by atoms with Gasteiger partial charge in [-0.3, -0.25) is 4.90 Å². The number of allylic oxidation sites excluding steroid dienone is 2. The number of fused-ring (bicyclic) bond motifs is 1. The molecule has 160 valence electrons. The van der Waals surface area contributed by atoms with Crippen molar-refractivity contribution in [2.45, 2.75) is 65.0 Å². The summed E-state index contributed by atoms with van der Waals surface area (Å²) in [5.41, 5.74) is 1.05. The first-order valence-electron chi connectivity index (χ1n) is 10.0. The predicted molar refractivity (Wildman–Crippen MR) is 115 cm³/mol. The monoisotopic (exact) mass is 411 g/mol. The molecule has 0 radical (unpaired) electrons. The molecule has 6 nitrogen and oxygen atoms in total. The number of carbonyl (C=O) groups excluding carboxylic acids is 2. The van der Waals surface area contributed by atoms with E-state index in [1.165, 1.54) is 4.90 Å². The van der Waals surface area contributed by atoms with Crippen LogP contribution in [0.15, 0.2) is 60.2 Å². The minimum atomic E-state index is -0.982. The Kier molecular flexibility index (Phi) is 5.79. The summed E-state index contributed by atoms with van der Waals surface area (Å²) in [5.74, 6) is 0. The van der Waals surface area contributed by atoms with Crippen LogP contribution in [0.5, 0.6) is 0 Å². The number of ether oxygens (including phenoxy) is 3. The first kappa shape index (κ1) is 21.7. The van der Waals surface area contributed by atoms with Gasteiger partial charge in [0.05, 0.1) is 6.04 Å². The van der Waals surface area contributed by atoms with Gasteiger partial charge in [-0.15, -0.1) is 0 Å². The summed E-state index contributed by atoms with van der Waals surface area (Å²) in [6, 6.07) is 9.16. The highest BCUT2D eigenvalue weighted by Gasteiger charge is 2.46. The van der Waals surface area contributed by atoms with Gasteiger partial charge >= 0.3 is 12.2 Å². The van der Waals surface area contributed by atoms with Gasteiger partial charge < -0.3 is 14.2 Å².